The topological polar surface area (TPSA) is 52.6 Å². The van der Waals surface area contributed by atoms with Crippen LogP contribution in [0.15, 0.2) is 0 Å². The highest BCUT2D eigenvalue weighted by atomic mass is 32.2. The fourth-order valence-electron chi connectivity index (χ4n) is 0.997. The van der Waals surface area contributed by atoms with Crippen molar-refractivity contribution in [3.05, 3.63) is 0 Å². The van der Waals surface area contributed by atoms with Crippen LogP contribution in [0.5, 0.6) is 0 Å². The molecule has 0 aromatic rings. The quantitative estimate of drug-likeness (QED) is 0.375. The van der Waals surface area contributed by atoms with E-state index in [1.807, 2.05) is 20.8 Å². The lowest BCUT2D eigenvalue weighted by atomic mass is 10.2. The number of hydrogen-bond acceptors (Lipinski definition) is 5. The van der Waals surface area contributed by atoms with E-state index in [-0.39, 0.29) is 11.2 Å². The monoisotopic (exact) mass is 248 g/mol. The minimum atomic E-state index is -0.488. The fraction of sp³-hybridized carbons (Fsp3) is 0.818. The zero-order chi connectivity index (χ0) is 12.4. The molecule has 1 atom stereocenters. The first kappa shape index (κ1) is 15.4. The lowest BCUT2D eigenvalue weighted by molar-refractivity contribution is -0.157. The summed E-state index contributed by atoms with van der Waals surface area (Å²) >= 11 is 1.33. The van der Waals surface area contributed by atoms with E-state index in [1.54, 1.807) is 0 Å². The summed E-state index contributed by atoms with van der Waals surface area (Å²) in [6, 6.07) is 0. The van der Waals surface area contributed by atoms with E-state index in [4.69, 9.17) is 4.74 Å². The molecule has 4 nitrogen and oxygen atoms in total. The van der Waals surface area contributed by atoms with Gasteiger partial charge in [0.15, 0.2) is 0 Å². The fourth-order valence-corrected chi connectivity index (χ4v) is 1.66. The molecule has 0 aromatic carbocycles. The second-order valence-corrected chi connectivity index (χ2v) is 4.57. The first-order valence-corrected chi connectivity index (χ1v) is 6.61. The van der Waals surface area contributed by atoms with Gasteiger partial charge < -0.3 is 9.47 Å². The van der Waals surface area contributed by atoms with Gasteiger partial charge in [-0.05, 0) is 20.3 Å². The summed E-state index contributed by atoms with van der Waals surface area (Å²) in [6.45, 7) is 6.34. The molecule has 0 spiro atoms. The van der Waals surface area contributed by atoms with Crippen LogP contribution >= 0.6 is 11.8 Å². The van der Waals surface area contributed by atoms with Gasteiger partial charge in [-0.2, -0.15) is 0 Å². The van der Waals surface area contributed by atoms with Gasteiger partial charge in [0.1, 0.15) is 5.44 Å². The van der Waals surface area contributed by atoms with Crippen molar-refractivity contribution in [1.82, 2.24) is 0 Å². The third-order valence-corrected chi connectivity index (χ3v) is 2.81. The third kappa shape index (κ3) is 8.73. The minimum absolute atomic E-state index is 0.0525. The molecule has 0 saturated carbocycles. The second-order valence-electron chi connectivity index (χ2n) is 3.28. The Morgan fingerprint density at radius 3 is 2.50 bits per heavy atom. The number of unbranched alkanes of at least 4 members (excludes halogenated alkanes) is 1. The maximum absolute atomic E-state index is 11.2. The average Bonchev–Trinajstić information content (AvgIpc) is 2.24. The Morgan fingerprint density at radius 2 is 1.94 bits per heavy atom. The lowest BCUT2D eigenvalue weighted by Gasteiger charge is -2.09. The standard InChI is InChI=1S/C11H20O4S/c1-4-6-7-10(12)15-11(13)8-16-9(3)14-5-2/h9H,4-8H2,1-3H3. The van der Waals surface area contributed by atoms with Gasteiger partial charge in [-0.15, -0.1) is 11.8 Å². The normalized spacial score (nSPS) is 12.2. The van der Waals surface area contributed by atoms with Crippen molar-refractivity contribution in [2.24, 2.45) is 0 Å². The summed E-state index contributed by atoms with van der Waals surface area (Å²) in [4.78, 5) is 22.3. The molecule has 0 aliphatic rings. The predicted octanol–water partition coefficient (Wildman–Crippen LogP) is 2.36. The van der Waals surface area contributed by atoms with Crippen LogP contribution in [-0.4, -0.2) is 29.7 Å². The molecule has 0 saturated heterocycles. The molecular formula is C11H20O4S. The maximum atomic E-state index is 11.2. The zero-order valence-electron chi connectivity index (χ0n) is 10.2. The number of ether oxygens (including phenoxy) is 2. The lowest BCUT2D eigenvalue weighted by Crippen LogP contribution is -2.16. The van der Waals surface area contributed by atoms with Gasteiger partial charge >= 0.3 is 11.9 Å². The Balaban J connectivity index is 3.61. The van der Waals surface area contributed by atoms with Crippen LogP contribution in [0.3, 0.4) is 0 Å². The Kier molecular flexibility index (Phi) is 9.33. The maximum Gasteiger partial charge on any atom is 0.323 e. The van der Waals surface area contributed by atoms with Crippen molar-refractivity contribution >= 4 is 23.7 Å². The van der Waals surface area contributed by atoms with Crippen LogP contribution in [0.25, 0.3) is 0 Å². The van der Waals surface area contributed by atoms with E-state index >= 15 is 0 Å². The SMILES string of the molecule is CCCCC(=O)OC(=O)CSC(C)OCC. The van der Waals surface area contributed by atoms with Gasteiger partial charge in [0.25, 0.3) is 0 Å². The number of rotatable bonds is 8. The number of esters is 2. The van der Waals surface area contributed by atoms with Crippen molar-refractivity contribution in [2.75, 3.05) is 12.4 Å². The van der Waals surface area contributed by atoms with Crippen molar-refractivity contribution in [3.63, 3.8) is 0 Å². The van der Waals surface area contributed by atoms with Crippen molar-refractivity contribution in [2.45, 2.75) is 45.5 Å². The van der Waals surface area contributed by atoms with Crippen LogP contribution in [0, 0.1) is 0 Å². The van der Waals surface area contributed by atoms with E-state index in [9.17, 15) is 9.59 Å². The van der Waals surface area contributed by atoms with Crippen molar-refractivity contribution in [1.29, 1.82) is 0 Å². The molecular weight excluding hydrogens is 228 g/mol. The summed E-state index contributed by atoms with van der Waals surface area (Å²) in [5.74, 6) is -0.770. The van der Waals surface area contributed by atoms with Gasteiger partial charge in [-0.25, -0.2) is 0 Å². The predicted molar refractivity (Wildman–Crippen MR) is 64.2 cm³/mol. The van der Waals surface area contributed by atoms with E-state index in [0.29, 0.717) is 13.0 Å². The summed E-state index contributed by atoms with van der Waals surface area (Å²) in [5, 5.41) is 0. The molecule has 0 amide bonds. The van der Waals surface area contributed by atoms with Gasteiger partial charge in [-0.3, -0.25) is 9.59 Å². The molecule has 0 heterocycles. The minimum Gasteiger partial charge on any atom is -0.393 e. The molecule has 0 N–H and O–H groups in total. The summed E-state index contributed by atoms with van der Waals surface area (Å²) in [5.41, 5.74) is -0.0525. The van der Waals surface area contributed by atoms with Gasteiger partial charge in [-0.1, -0.05) is 13.3 Å². The molecule has 0 fully saturated rings. The number of thioether (sulfide) groups is 1. The summed E-state index contributed by atoms with van der Waals surface area (Å²) in [6.07, 6.45) is 1.99. The number of carbonyl (C=O) groups excluding carboxylic acids is 2. The zero-order valence-corrected chi connectivity index (χ0v) is 11.0. The highest BCUT2D eigenvalue weighted by Crippen LogP contribution is 2.11. The highest BCUT2D eigenvalue weighted by Gasteiger charge is 2.12. The molecule has 0 aliphatic heterocycles. The van der Waals surface area contributed by atoms with Crippen LogP contribution in [0.4, 0.5) is 0 Å². The molecule has 0 aromatic heterocycles. The molecule has 1 unspecified atom stereocenters. The molecule has 5 heteroatoms. The van der Waals surface area contributed by atoms with E-state index in [1.165, 1.54) is 11.8 Å². The van der Waals surface area contributed by atoms with Crippen LogP contribution in [-0.2, 0) is 19.1 Å². The molecule has 94 valence electrons. The second kappa shape index (κ2) is 9.66. The highest BCUT2D eigenvalue weighted by molar-refractivity contribution is 8.00. The van der Waals surface area contributed by atoms with Crippen LogP contribution in [0.1, 0.15) is 40.0 Å². The van der Waals surface area contributed by atoms with E-state index in [2.05, 4.69) is 4.74 Å². The van der Waals surface area contributed by atoms with Crippen LogP contribution in [0.2, 0.25) is 0 Å². The van der Waals surface area contributed by atoms with Crippen molar-refractivity contribution in [3.8, 4) is 0 Å². The molecule has 0 bridgehead atoms. The molecule has 0 rings (SSSR count). The summed E-state index contributed by atoms with van der Waals surface area (Å²) < 4.78 is 9.86. The Labute approximate surface area is 101 Å². The Hall–Kier alpha value is -0.550. The average molecular weight is 248 g/mol. The largest absolute Gasteiger partial charge is 0.393 e. The summed E-state index contributed by atoms with van der Waals surface area (Å²) in [7, 11) is 0. The van der Waals surface area contributed by atoms with E-state index < -0.39 is 11.9 Å². The molecule has 0 aliphatic carbocycles. The van der Waals surface area contributed by atoms with E-state index in [0.717, 1.165) is 12.8 Å². The number of carbonyl (C=O) groups is 2. The Morgan fingerprint density at radius 1 is 1.25 bits per heavy atom. The first-order chi connectivity index (χ1) is 7.60. The smallest absolute Gasteiger partial charge is 0.323 e. The van der Waals surface area contributed by atoms with Crippen molar-refractivity contribution < 1.29 is 19.1 Å². The molecule has 0 radical (unpaired) electrons. The van der Waals surface area contributed by atoms with Gasteiger partial charge in [0.05, 0.1) is 5.75 Å². The third-order valence-electron chi connectivity index (χ3n) is 1.80. The van der Waals surface area contributed by atoms with Gasteiger partial charge in [0.2, 0.25) is 0 Å². The van der Waals surface area contributed by atoms with Crippen LogP contribution < -0.4 is 0 Å². The first-order valence-electron chi connectivity index (χ1n) is 5.56. The Bertz CT molecular complexity index is 218. The number of hydrogen-bond donors (Lipinski definition) is 0. The molecule has 16 heavy (non-hydrogen) atoms. The van der Waals surface area contributed by atoms with Gasteiger partial charge in [0, 0.05) is 13.0 Å².